The molecule has 3 rings (SSSR count). The van der Waals surface area contributed by atoms with E-state index in [0.717, 1.165) is 30.7 Å². The first kappa shape index (κ1) is 21.9. The molecule has 1 heterocycles. The third-order valence-electron chi connectivity index (χ3n) is 5.42. The van der Waals surface area contributed by atoms with Crippen LogP contribution in [-0.2, 0) is 22.9 Å². The second-order valence-electron chi connectivity index (χ2n) is 8.26. The lowest BCUT2D eigenvalue weighted by Crippen LogP contribution is -2.36. The maximum atomic E-state index is 13.0. The highest BCUT2D eigenvalue weighted by Crippen LogP contribution is 2.32. The molecule has 0 saturated carbocycles. The first-order chi connectivity index (χ1) is 14.1. The van der Waals surface area contributed by atoms with Crippen LogP contribution in [0.2, 0.25) is 0 Å². The fraction of sp³-hybridized carbons (Fsp3) is 0.391. The van der Waals surface area contributed by atoms with Gasteiger partial charge in [0.15, 0.2) is 0 Å². The molecule has 0 unspecified atom stereocenters. The molecule has 0 atom stereocenters. The van der Waals surface area contributed by atoms with E-state index in [4.69, 9.17) is 0 Å². The van der Waals surface area contributed by atoms with Crippen molar-refractivity contribution in [2.24, 2.45) is 0 Å². The molecule has 30 heavy (non-hydrogen) atoms. The molecule has 4 nitrogen and oxygen atoms in total. The van der Waals surface area contributed by atoms with Crippen LogP contribution in [0.25, 0.3) is 0 Å². The maximum Gasteiger partial charge on any atom is 0.416 e. The average Bonchev–Trinajstić information content (AvgIpc) is 3.11. The number of hydrogen-bond donors (Lipinski definition) is 1. The van der Waals surface area contributed by atoms with E-state index in [2.05, 4.69) is 5.32 Å². The summed E-state index contributed by atoms with van der Waals surface area (Å²) in [6, 6.07) is 12.2. The summed E-state index contributed by atoms with van der Waals surface area (Å²) in [4.78, 5) is 26.0. The molecular formula is C23H25F3N2O2. The van der Waals surface area contributed by atoms with Crippen LogP contribution in [0, 0.1) is 0 Å². The number of nitrogens with one attached hydrogen (secondary N) is 1. The Morgan fingerprint density at radius 3 is 2.33 bits per heavy atom. The van der Waals surface area contributed by atoms with E-state index in [-0.39, 0.29) is 18.4 Å². The second-order valence-corrected chi connectivity index (χ2v) is 8.26. The van der Waals surface area contributed by atoms with E-state index in [0.29, 0.717) is 24.1 Å². The van der Waals surface area contributed by atoms with Gasteiger partial charge in [-0.05, 0) is 35.7 Å². The van der Waals surface area contributed by atoms with Crippen molar-refractivity contribution in [2.45, 2.75) is 44.8 Å². The zero-order valence-electron chi connectivity index (χ0n) is 17.1. The topological polar surface area (TPSA) is 49.4 Å². The van der Waals surface area contributed by atoms with Gasteiger partial charge in [-0.3, -0.25) is 9.59 Å². The van der Waals surface area contributed by atoms with Gasteiger partial charge in [-0.15, -0.1) is 0 Å². The van der Waals surface area contributed by atoms with Crippen molar-refractivity contribution in [2.75, 3.05) is 13.1 Å². The van der Waals surface area contributed by atoms with Crippen molar-refractivity contribution in [1.29, 1.82) is 0 Å². The minimum atomic E-state index is -4.41. The van der Waals surface area contributed by atoms with Crippen LogP contribution in [0.4, 0.5) is 13.2 Å². The summed E-state index contributed by atoms with van der Waals surface area (Å²) in [5.41, 5.74) is 0.541. The zero-order chi connectivity index (χ0) is 21.9. The van der Waals surface area contributed by atoms with E-state index >= 15 is 0 Å². The molecule has 0 radical (unpaired) electrons. The van der Waals surface area contributed by atoms with Crippen molar-refractivity contribution in [3.05, 3.63) is 70.8 Å². The lowest BCUT2D eigenvalue weighted by molar-refractivity contribution is -0.137. The van der Waals surface area contributed by atoms with Crippen molar-refractivity contribution in [3.8, 4) is 0 Å². The summed E-state index contributed by atoms with van der Waals surface area (Å²) in [6.07, 6.45) is -2.94. The van der Waals surface area contributed by atoms with Gasteiger partial charge in [-0.1, -0.05) is 44.2 Å². The third-order valence-corrected chi connectivity index (χ3v) is 5.42. The van der Waals surface area contributed by atoms with Crippen LogP contribution in [0.15, 0.2) is 48.5 Å². The van der Waals surface area contributed by atoms with Gasteiger partial charge in [0.05, 0.1) is 5.56 Å². The van der Waals surface area contributed by atoms with Gasteiger partial charge in [0, 0.05) is 37.0 Å². The number of carbonyl (C=O) groups is 2. The Morgan fingerprint density at radius 2 is 1.73 bits per heavy atom. The van der Waals surface area contributed by atoms with Crippen molar-refractivity contribution in [3.63, 3.8) is 0 Å². The summed E-state index contributed by atoms with van der Waals surface area (Å²) in [5, 5.41) is 2.81. The number of nitrogens with zero attached hydrogens (tertiary/aromatic N) is 1. The summed E-state index contributed by atoms with van der Waals surface area (Å²) in [6.45, 7) is 5.06. The fourth-order valence-corrected chi connectivity index (χ4v) is 3.47. The van der Waals surface area contributed by atoms with Crippen LogP contribution in [0.1, 0.15) is 53.7 Å². The first-order valence-corrected chi connectivity index (χ1v) is 9.89. The summed E-state index contributed by atoms with van der Waals surface area (Å²) < 4.78 is 38.9. The van der Waals surface area contributed by atoms with Gasteiger partial charge in [0.1, 0.15) is 0 Å². The number of likely N-dealkylation sites (tertiary alicyclic amines) is 1. The largest absolute Gasteiger partial charge is 0.416 e. The minimum absolute atomic E-state index is 0.147. The van der Waals surface area contributed by atoms with E-state index in [1.54, 1.807) is 36.9 Å². The molecule has 1 N–H and O–H groups in total. The molecule has 0 spiro atoms. The molecule has 2 aromatic carbocycles. The van der Waals surface area contributed by atoms with Gasteiger partial charge in [-0.25, -0.2) is 0 Å². The first-order valence-electron chi connectivity index (χ1n) is 9.89. The number of benzene rings is 2. The van der Waals surface area contributed by atoms with E-state index in [1.807, 2.05) is 12.1 Å². The number of alkyl halides is 3. The SMILES string of the molecule is CC(C)(CNC(=O)c1ccc(CN2CCCC2=O)cc1)c1cccc(C(F)(F)F)c1. The highest BCUT2D eigenvalue weighted by molar-refractivity contribution is 5.94. The lowest BCUT2D eigenvalue weighted by atomic mass is 9.83. The Morgan fingerprint density at radius 1 is 1.07 bits per heavy atom. The van der Waals surface area contributed by atoms with Gasteiger partial charge in [-0.2, -0.15) is 13.2 Å². The Hall–Kier alpha value is -2.83. The zero-order valence-corrected chi connectivity index (χ0v) is 17.1. The summed E-state index contributed by atoms with van der Waals surface area (Å²) in [7, 11) is 0. The number of carbonyl (C=O) groups excluding carboxylic acids is 2. The molecule has 1 aliphatic rings. The van der Waals surface area contributed by atoms with Gasteiger partial charge >= 0.3 is 6.18 Å². The van der Waals surface area contributed by atoms with Crippen LogP contribution >= 0.6 is 0 Å². The molecule has 0 aliphatic carbocycles. The smallest absolute Gasteiger partial charge is 0.351 e. The summed E-state index contributed by atoms with van der Waals surface area (Å²) >= 11 is 0. The Labute approximate surface area is 174 Å². The average molecular weight is 418 g/mol. The van der Waals surface area contributed by atoms with E-state index in [9.17, 15) is 22.8 Å². The number of amides is 2. The molecule has 1 saturated heterocycles. The standard InChI is InChI=1S/C23H25F3N2O2/c1-22(2,18-5-3-6-19(13-18)23(24,25)26)15-27-21(30)17-10-8-16(9-11-17)14-28-12-4-7-20(28)29/h3,5-6,8-11,13H,4,7,12,14-15H2,1-2H3,(H,27,30). The summed E-state index contributed by atoms with van der Waals surface area (Å²) in [5.74, 6) is -0.146. The number of halogens is 3. The molecule has 160 valence electrons. The normalized spacial score (nSPS) is 14.8. The number of rotatable bonds is 6. The fourth-order valence-electron chi connectivity index (χ4n) is 3.47. The van der Waals surface area contributed by atoms with Crippen molar-refractivity contribution >= 4 is 11.8 Å². The monoisotopic (exact) mass is 418 g/mol. The lowest BCUT2D eigenvalue weighted by Gasteiger charge is -2.26. The maximum absolute atomic E-state index is 13.0. The molecule has 2 amide bonds. The van der Waals surface area contributed by atoms with E-state index < -0.39 is 17.2 Å². The molecule has 1 fully saturated rings. The van der Waals surface area contributed by atoms with Crippen molar-refractivity contribution in [1.82, 2.24) is 10.2 Å². The van der Waals surface area contributed by atoms with Crippen LogP contribution in [0.5, 0.6) is 0 Å². The predicted molar refractivity (Wildman–Crippen MR) is 108 cm³/mol. The van der Waals surface area contributed by atoms with Crippen LogP contribution < -0.4 is 5.32 Å². The molecule has 1 aliphatic heterocycles. The van der Waals surface area contributed by atoms with Crippen LogP contribution in [-0.4, -0.2) is 29.8 Å². The predicted octanol–water partition coefficient (Wildman–Crippen LogP) is 4.54. The highest BCUT2D eigenvalue weighted by Gasteiger charge is 2.32. The molecule has 0 aromatic heterocycles. The minimum Gasteiger partial charge on any atom is -0.351 e. The van der Waals surface area contributed by atoms with Crippen LogP contribution in [0.3, 0.4) is 0 Å². The molecule has 0 bridgehead atoms. The quantitative estimate of drug-likeness (QED) is 0.749. The molecular weight excluding hydrogens is 393 g/mol. The molecule has 2 aromatic rings. The Kier molecular flexibility index (Phi) is 6.19. The second kappa shape index (κ2) is 8.50. The van der Waals surface area contributed by atoms with Gasteiger partial charge < -0.3 is 10.2 Å². The molecule has 7 heteroatoms. The highest BCUT2D eigenvalue weighted by atomic mass is 19.4. The van der Waals surface area contributed by atoms with Gasteiger partial charge in [0.25, 0.3) is 5.91 Å². The number of hydrogen-bond acceptors (Lipinski definition) is 2. The Bertz CT molecular complexity index is 921. The van der Waals surface area contributed by atoms with E-state index in [1.165, 1.54) is 6.07 Å². The van der Waals surface area contributed by atoms with Gasteiger partial charge in [0.2, 0.25) is 5.91 Å². The Balaban J connectivity index is 1.61. The third kappa shape index (κ3) is 5.20. The van der Waals surface area contributed by atoms with Crippen molar-refractivity contribution < 1.29 is 22.8 Å².